The van der Waals surface area contributed by atoms with Crippen molar-refractivity contribution < 1.29 is 9.18 Å². The normalized spacial score (nSPS) is 11.0. The highest BCUT2D eigenvalue weighted by Crippen LogP contribution is 2.27. The number of carbonyl (C=O) groups is 1. The number of carbonyl (C=O) groups excluding carboxylic acids is 1. The van der Waals surface area contributed by atoms with E-state index in [1.54, 1.807) is 24.2 Å². The SMILES string of the molecule is Cc1ccccc1CSc1nc2ccncc2n1CC(=O)Nc1ccc(F)c(Cl)c1. The highest BCUT2D eigenvalue weighted by atomic mass is 35.5. The number of nitrogens with one attached hydrogen (secondary N) is 1. The van der Waals surface area contributed by atoms with Gasteiger partial charge in [0.05, 0.1) is 22.3 Å². The van der Waals surface area contributed by atoms with E-state index in [1.807, 2.05) is 22.8 Å². The van der Waals surface area contributed by atoms with Gasteiger partial charge in [-0.25, -0.2) is 9.37 Å². The first-order chi connectivity index (χ1) is 14.5. The van der Waals surface area contributed by atoms with Gasteiger partial charge in [-0.3, -0.25) is 9.78 Å². The molecule has 0 aliphatic rings. The zero-order chi connectivity index (χ0) is 21.1. The van der Waals surface area contributed by atoms with Crippen LogP contribution in [0.15, 0.2) is 66.1 Å². The third kappa shape index (κ3) is 4.47. The second-order valence-corrected chi connectivity index (χ2v) is 8.09. The Balaban J connectivity index is 1.57. The average Bonchev–Trinajstić information content (AvgIpc) is 3.07. The lowest BCUT2D eigenvalue weighted by Gasteiger charge is -2.11. The van der Waals surface area contributed by atoms with E-state index in [4.69, 9.17) is 11.6 Å². The van der Waals surface area contributed by atoms with Crippen LogP contribution in [0.4, 0.5) is 10.1 Å². The van der Waals surface area contributed by atoms with E-state index >= 15 is 0 Å². The Labute approximate surface area is 182 Å². The molecule has 0 spiro atoms. The number of fused-ring (bicyclic) bond motifs is 1. The summed E-state index contributed by atoms with van der Waals surface area (Å²) in [5.74, 6) is -0.0617. The third-order valence-corrected chi connectivity index (χ3v) is 5.95. The van der Waals surface area contributed by atoms with Gasteiger partial charge in [0.25, 0.3) is 0 Å². The minimum absolute atomic E-state index is 0.0421. The van der Waals surface area contributed by atoms with Crippen LogP contribution in [0.25, 0.3) is 11.0 Å². The Morgan fingerprint density at radius 2 is 2.07 bits per heavy atom. The first-order valence-corrected chi connectivity index (χ1v) is 10.6. The van der Waals surface area contributed by atoms with E-state index in [0.717, 1.165) is 21.9 Å². The molecule has 0 fully saturated rings. The number of imidazole rings is 1. The Morgan fingerprint density at radius 1 is 1.23 bits per heavy atom. The number of rotatable bonds is 6. The molecule has 4 aromatic rings. The number of nitrogens with zero attached hydrogens (tertiary/aromatic N) is 3. The van der Waals surface area contributed by atoms with Crippen LogP contribution in [0.5, 0.6) is 0 Å². The minimum atomic E-state index is -0.531. The number of amides is 1. The van der Waals surface area contributed by atoms with Crippen molar-refractivity contribution in [3.63, 3.8) is 0 Å². The molecule has 2 heterocycles. The number of aromatic nitrogens is 3. The van der Waals surface area contributed by atoms with Gasteiger partial charge in [0, 0.05) is 17.6 Å². The summed E-state index contributed by atoms with van der Waals surface area (Å²) in [7, 11) is 0. The summed E-state index contributed by atoms with van der Waals surface area (Å²) in [5.41, 5.74) is 4.40. The van der Waals surface area contributed by atoms with Gasteiger partial charge >= 0.3 is 0 Å². The van der Waals surface area contributed by atoms with Crippen molar-refractivity contribution in [2.24, 2.45) is 0 Å². The van der Waals surface area contributed by atoms with Crippen molar-refractivity contribution in [1.82, 2.24) is 14.5 Å². The van der Waals surface area contributed by atoms with Crippen LogP contribution >= 0.6 is 23.4 Å². The molecule has 0 saturated heterocycles. The second-order valence-electron chi connectivity index (χ2n) is 6.74. The molecule has 2 aromatic carbocycles. The van der Waals surface area contributed by atoms with Crippen LogP contribution < -0.4 is 5.32 Å². The lowest BCUT2D eigenvalue weighted by molar-refractivity contribution is -0.116. The maximum absolute atomic E-state index is 13.4. The molecule has 0 aliphatic carbocycles. The molecular formula is C22H18ClFN4OS. The molecule has 0 unspecified atom stereocenters. The molecule has 1 amide bonds. The van der Waals surface area contributed by atoms with E-state index in [0.29, 0.717) is 5.69 Å². The number of thioether (sulfide) groups is 1. The van der Waals surface area contributed by atoms with Crippen LogP contribution in [-0.4, -0.2) is 20.4 Å². The van der Waals surface area contributed by atoms with Gasteiger partial charge in [0.1, 0.15) is 12.4 Å². The lowest BCUT2D eigenvalue weighted by Crippen LogP contribution is -2.19. The highest BCUT2D eigenvalue weighted by Gasteiger charge is 2.15. The highest BCUT2D eigenvalue weighted by molar-refractivity contribution is 7.98. The fourth-order valence-electron chi connectivity index (χ4n) is 3.04. The van der Waals surface area contributed by atoms with E-state index < -0.39 is 5.82 Å². The van der Waals surface area contributed by atoms with Crippen molar-refractivity contribution in [3.05, 3.63) is 82.9 Å². The number of benzene rings is 2. The van der Waals surface area contributed by atoms with Gasteiger partial charge < -0.3 is 9.88 Å². The first kappa shape index (κ1) is 20.4. The molecule has 0 saturated carbocycles. The van der Waals surface area contributed by atoms with Gasteiger partial charge in [-0.2, -0.15) is 0 Å². The van der Waals surface area contributed by atoms with Gasteiger partial charge in [0.2, 0.25) is 5.91 Å². The quantitative estimate of drug-likeness (QED) is 0.404. The molecule has 1 N–H and O–H groups in total. The molecule has 0 atom stereocenters. The molecule has 4 rings (SSSR count). The minimum Gasteiger partial charge on any atom is -0.324 e. The summed E-state index contributed by atoms with van der Waals surface area (Å²) < 4.78 is 15.2. The van der Waals surface area contributed by atoms with Crippen molar-refractivity contribution in [1.29, 1.82) is 0 Å². The molecule has 5 nitrogen and oxygen atoms in total. The Bertz CT molecular complexity index is 1230. The van der Waals surface area contributed by atoms with Crippen molar-refractivity contribution in [3.8, 4) is 0 Å². The van der Waals surface area contributed by atoms with Gasteiger partial charge in [-0.05, 0) is 42.3 Å². The predicted molar refractivity (Wildman–Crippen MR) is 118 cm³/mol. The van der Waals surface area contributed by atoms with Crippen LogP contribution in [0, 0.1) is 12.7 Å². The van der Waals surface area contributed by atoms with E-state index in [1.165, 1.54) is 29.3 Å². The number of pyridine rings is 1. The maximum Gasteiger partial charge on any atom is 0.244 e. The van der Waals surface area contributed by atoms with Gasteiger partial charge in [-0.1, -0.05) is 47.6 Å². The number of aryl methyl sites for hydroxylation is 1. The second kappa shape index (κ2) is 8.85. The fraction of sp³-hybridized carbons (Fsp3) is 0.136. The molecular weight excluding hydrogens is 423 g/mol. The Morgan fingerprint density at radius 3 is 2.87 bits per heavy atom. The number of halogens is 2. The van der Waals surface area contributed by atoms with Crippen LogP contribution in [0.3, 0.4) is 0 Å². The number of anilines is 1. The van der Waals surface area contributed by atoms with E-state index in [9.17, 15) is 9.18 Å². The van der Waals surface area contributed by atoms with E-state index in [-0.39, 0.29) is 17.5 Å². The topological polar surface area (TPSA) is 59.8 Å². The number of hydrogen-bond acceptors (Lipinski definition) is 4. The smallest absolute Gasteiger partial charge is 0.244 e. The molecule has 0 aliphatic heterocycles. The number of hydrogen-bond donors (Lipinski definition) is 1. The molecule has 0 radical (unpaired) electrons. The van der Waals surface area contributed by atoms with Crippen molar-refractivity contribution >= 4 is 46.0 Å². The van der Waals surface area contributed by atoms with Crippen LogP contribution in [-0.2, 0) is 17.1 Å². The summed E-state index contributed by atoms with van der Waals surface area (Å²) >= 11 is 7.37. The fourth-order valence-corrected chi connectivity index (χ4v) is 4.31. The molecule has 8 heteroatoms. The summed E-state index contributed by atoms with van der Waals surface area (Å²) in [5, 5.41) is 3.44. The molecule has 152 valence electrons. The predicted octanol–water partition coefficient (Wildman–Crippen LogP) is 5.46. The summed E-state index contributed by atoms with van der Waals surface area (Å²) in [6, 6.07) is 14.1. The molecule has 2 aromatic heterocycles. The largest absolute Gasteiger partial charge is 0.324 e. The summed E-state index contributed by atoms with van der Waals surface area (Å²) in [6.07, 6.45) is 3.37. The zero-order valence-electron chi connectivity index (χ0n) is 16.1. The monoisotopic (exact) mass is 440 g/mol. The van der Waals surface area contributed by atoms with Crippen LogP contribution in [0.1, 0.15) is 11.1 Å². The standard InChI is InChI=1S/C22H18ClFN4OS/c1-14-4-2-3-5-15(14)13-30-22-27-19-8-9-25-11-20(19)28(22)12-21(29)26-16-6-7-18(24)17(23)10-16/h2-11H,12-13H2,1H3,(H,26,29). The van der Waals surface area contributed by atoms with Crippen molar-refractivity contribution in [2.75, 3.05) is 5.32 Å². The summed E-state index contributed by atoms with van der Waals surface area (Å²) in [6.45, 7) is 2.12. The molecule has 0 bridgehead atoms. The van der Waals surface area contributed by atoms with Crippen LogP contribution in [0.2, 0.25) is 5.02 Å². The average molecular weight is 441 g/mol. The maximum atomic E-state index is 13.4. The van der Waals surface area contributed by atoms with Gasteiger partial charge in [0.15, 0.2) is 5.16 Å². The zero-order valence-corrected chi connectivity index (χ0v) is 17.7. The first-order valence-electron chi connectivity index (χ1n) is 9.24. The third-order valence-electron chi connectivity index (χ3n) is 4.64. The van der Waals surface area contributed by atoms with Crippen molar-refractivity contribution in [2.45, 2.75) is 24.4 Å². The lowest BCUT2D eigenvalue weighted by atomic mass is 10.1. The van der Waals surface area contributed by atoms with Gasteiger partial charge in [-0.15, -0.1) is 0 Å². The Hall–Kier alpha value is -2.90. The van der Waals surface area contributed by atoms with E-state index in [2.05, 4.69) is 34.3 Å². The Kier molecular flexibility index (Phi) is 6.01. The molecule has 30 heavy (non-hydrogen) atoms. The summed E-state index contributed by atoms with van der Waals surface area (Å²) in [4.78, 5) is 21.5.